The molecule has 0 aliphatic carbocycles. The van der Waals surface area contributed by atoms with E-state index in [-0.39, 0.29) is 18.1 Å². The van der Waals surface area contributed by atoms with Crippen LogP contribution in [0.1, 0.15) is 0 Å². The summed E-state index contributed by atoms with van der Waals surface area (Å²) in [5.74, 6) is 2.35. The molecule has 0 aromatic heterocycles. The van der Waals surface area contributed by atoms with Crippen LogP contribution in [-0.4, -0.2) is 50.1 Å². The fraction of sp³-hybridized carbons (Fsp3) is 0.400. The zero-order chi connectivity index (χ0) is 15.9. The summed E-state index contributed by atoms with van der Waals surface area (Å²) >= 11 is 0. The van der Waals surface area contributed by atoms with Crippen LogP contribution < -0.4 is 15.1 Å². The van der Waals surface area contributed by atoms with Crippen LogP contribution in [0.25, 0.3) is 0 Å². The van der Waals surface area contributed by atoms with Crippen LogP contribution in [0.15, 0.2) is 24.3 Å². The van der Waals surface area contributed by atoms with Crippen LogP contribution in [0.4, 0.5) is 11.4 Å². The minimum atomic E-state index is -0.402. The summed E-state index contributed by atoms with van der Waals surface area (Å²) in [4.78, 5) is 25.3. The number of hydrogen-bond acceptors (Lipinski definition) is 4. The topological polar surface area (TPSA) is 79.9 Å². The number of amides is 1. The number of terminal acetylenes is 1. The van der Waals surface area contributed by atoms with E-state index in [2.05, 4.69) is 16.1 Å². The second-order valence-corrected chi connectivity index (χ2v) is 5.17. The van der Waals surface area contributed by atoms with E-state index in [9.17, 15) is 14.9 Å². The van der Waals surface area contributed by atoms with E-state index in [0.29, 0.717) is 6.54 Å². The quantitative estimate of drug-likeness (QED) is 0.417. The Kier molecular flexibility index (Phi) is 5.33. The normalized spacial score (nSPS) is 15.1. The van der Waals surface area contributed by atoms with Crippen molar-refractivity contribution in [2.24, 2.45) is 0 Å². The fourth-order valence-electron chi connectivity index (χ4n) is 2.48. The van der Waals surface area contributed by atoms with Crippen LogP contribution >= 0.6 is 0 Å². The zero-order valence-electron chi connectivity index (χ0n) is 12.2. The summed E-state index contributed by atoms with van der Waals surface area (Å²) in [6, 6.07) is 6.56. The van der Waals surface area contributed by atoms with Crippen molar-refractivity contribution >= 4 is 17.3 Å². The molecule has 1 aromatic rings. The van der Waals surface area contributed by atoms with Crippen LogP contribution in [0, 0.1) is 22.5 Å². The third-order valence-electron chi connectivity index (χ3n) is 3.69. The average molecular weight is 303 g/mol. The van der Waals surface area contributed by atoms with E-state index < -0.39 is 4.92 Å². The molecule has 1 saturated heterocycles. The number of anilines is 1. The van der Waals surface area contributed by atoms with Gasteiger partial charge in [0.05, 0.1) is 37.6 Å². The smallest absolute Gasteiger partial charge is 0.275 e. The van der Waals surface area contributed by atoms with E-state index in [1.807, 2.05) is 0 Å². The van der Waals surface area contributed by atoms with Gasteiger partial charge in [-0.15, -0.1) is 6.42 Å². The maximum Gasteiger partial charge on any atom is 0.275 e. The molecule has 0 spiro atoms. The number of non-ortho nitro benzene ring substituents is 1. The molecule has 0 unspecified atom stereocenters. The molecular weight excluding hydrogens is 284 g/mol. The van der Waals surface area contributed by atoms with Gasteiger partial charge in [0.15, 0.2) is 6.54 Å². The molecule has 0 atom stereocenters. The molecule has 0 bridgehead atoms. The highest BCUT2D eigenvalue weighted by Crippen LogP contribution is 2.19. The van der Waals surface area contributed by atoms with E-state index in [0.717, 1.165) is 31.9 Å². The lowest BCUT2D eigenvalue weighted by atomic mass is 10.2. The minimum Gasteiger partial charge on any atom is -0.360 e. The van der Waals surface area contributed by atoms with E-state index >= 15 is 0 Å². The molecule has 1 heterocycles. The van der Waals surface area contributed by atoms with Crippen molar-refractivity contribution in [2.45, 2.75) is 0 Å². The van der Waals surface area contributed by atoms with Crippen molar-refractivity contribution in [1.29, 1.82) is 0 Å². The molecule has 1 aromatic carbocycles. The summed E-state index contributed by atoms with van der Waals surface area (Å²) < 4.78 is 0. The fourth-order valence-corrected chi connectivity index (χ4v) is 2.48. The number of carbonyl (C=O) groups excluding carboxylic acids is 1. The van der Waals surface area contributed by atoms with Crippen LogP contribution in [0.5, 0.6) is 0 Å². The van der Waals surface area contributed by atoms with Gasteiger partial charge in [-0.1, -0.05) is 5.92 Å². The molecule has 7 heteroatoms. The van der Waals surface area contributed by atoms with Crippen molar-refractivity contribution in [1.82, 2.24) is 5.32 Å². The summed E-state index contributed by atoms with van der Waals surface area (Å²) in [5.41, 5.74) is 1.07. The SMILES string of the molecule is C#CCNC(=O)C[NH+]1CCN(c2ccc([N+](=O)[O-])cc2)CC1. The number of nitro benzene ring substituents is 1. The first-order valence-corrected chi connectivity index (χ1v) is 7.13. The molecule has 116 valence electrons. The zero-order valence-corrected chi connectivity index (χ0v) is 12.2. The van der Waals surface area contributed by atoms with Gasteiger partial charge in [0.2, 0.25) is 0 Å². The molecule has 0 radical (unpaired) electrons. The number of nitrogens with one attached hydrogen (secondary N) is 2. The predicted molar refractivity (Wildman–Crippen MR) is 82.7 cm³/mol. The van der Waals surface area contributed by atoms with E-state index in [1.54, 1.807) is 12.1 Å². The Morgan fingerprint density at radius 2 is 2.00 bits per heavy atom. The van der Waals surface area contributed by atoms with Gasteiger partial charge in [-0.05, 0) is 12.1 Å². The lowest BCUT2D eigenvalue weighted by Gasteiger charge is -2.33. The molecular formula is C15H19N4O3+. The van der Waals surface area contributed by atoms with Crippen LogP contribution in [0.2, 0.25) is 0 Å². The number of hydrogen-bond donors (Lipinski definition) is 2. The van der Waals surface area contributed by atoms with Crippen molar-refractivity contribution in [2.75, 3.05) is 44.2 Å². The number of benzene rings is 1. The van der Waals surface area contributed by atoms with Crippen molar-refractivity contribution in [3.8, 4) is 12.3 Å². The maximum absolute atomic E-state index is 11.6. The van der Waals surface area contributed by atoms with Crippen molar-refractivity contribution in [3.63, 3.8) is 0 Å². The number of nitrogens with zero attached hydrogens (tertiary/aromatic N) is 2. The minimum absolute atomic E-state index is 0.0308. The second-order valence-electron chi connectivity index (χ2n) is 5.17. The number of rotatable bonds is 5. The summed E-state index contributed by atoms with van der Waals surface area (Å²) in [6.07, 6.45) is 5.10. The summed E-state index contributed by atoms with van der Waals surface area (Å²) in [5, 5.41) is 13.3. The highest BCUT2D eigenvalue weighted by Gasteiger charge is 2.22. The number of nitro groups is 1. The summed E-state index contributed by atoms with van der Waals surface area (Å²) in [7, 11) is 0. The highest BCUT2D eigenvalue weighted by atomic mass is 16.6. The van der Waals surface area contributed by atoms with Crippen molar-refractivity contribution < 1.29 is 14.6 Å². The van der Waals surface area contributed by atoms with E-state index in [4.69, 9.17) is 6.42 Å². The molecule has 2 rings (SSSR count). The van der Waals surface area contributed by atoms with Gasteiger partial charge in [-0.25, -0.2) is 0 Å². The number of piperazine rings is 1. The first-order valence-electron chi connectivity index (χ1n) is 7.13. The monoisotopic (exact) mass is 303 g/mol. The Morgan fingerprint density at radius 3 is 2.55 bits per heavy atom. The largest absolute Gasteiger partial charge is 0.360 e. The van der Waals surface area contributed by atoms with Gasteiger partial charge in [-0.2, -0.15) is 0 Å². The molecule has 1 aliphatic heterocycles. The number of quaternary nitrogens is 1. The molecule has 0 saturated carbocycles. The molecule has 22 heavy (non-hydrogen) atoms. The van der Waals surface area contributed by atoms with Gasteiger partial charge in [-0.3, -0.25) is 14.9 Å². The molecule has 2 N–H and O–H groups in total. The Labute approximate surface area is 129 Å². The maximum atomic E-state index is 11.6. The summed E-state index contributed by atoms with van der Waals surface area (Å²) in [6.45, 7) is 4.02. The lowest BCUT2D eigenvalue weighted by molar-refractivity contribution is -0.892. The lowest BCUT2D eigenvalue weighted by Crippen LogP contribution is -3.15. The average Bonchev–Trinajstić information content (AvgIpc) is 2.54. The van der Waals surface area contributed by atoms with Crippen LogP contribution in [-0.2, 0) is 4.79 Å². The third-order valence-corrected chi connectivity index (χ3v) is 3.69. The van der Waals surface area contributed by atoms with Gasteiger partial charge in [0.25, 0.3) is 11.6 Å². The van der Waals surface area contributed by atoms with Gasteiger partial charge >= 0.3 is 0 Å². The molecule has 7 nitrogen and oxygen atoms in total. The molecule has 1 aliphatic rings. The standard InChI is InChI=1S/C15H18N4O3/c1-2-7-16-15(20)12-17-8-10-18(11-9-17)13-3-5-14(6-4-13)19(21)22/h1,3-6H,7-12H2,(H,16,20)/p+1. The van der Waals surface area contributed by atoms with Crippen LogP contribution in [0.3, 0.4) is 0 Å². The van der Waals surface area contributed by atoms with E-state index in [1.165, 1.54) is 17.0 Å². The van der Waals surface area contributed by atoms with Gasteiger partial charge in [0.1, 0.15) is 0 Å². The Hall–Kier alpha value is -2.59. The first-order chi connectivity index (χ1) is 10.6. The second kappa shape index (κ2) is 7.43. The molecule has 1 fully saturated rings. The first kappa shape index (κ1) is 15.8. The Balaban J connectivity index is 1.83. The molecule has 1 amide bonds. The van der Waals surface area contributed by atoms with Crippen molar-refractivity contribution in [3.05, 3.63) is 34.4 Å². The number of carbonyl (C=O) groups is 1. The third kappa shape index (κ3) is 4.20. The highest BCUT2D eigenvalue weighted by molar-refractivity contribution is 5.77. The Bertz CT molecular complexity index is 571. The predicted octanol–water partition coefficient (Wildman–Crippen LogP) is -0.951. The van der Waals surface area contributed by atoms with Gasteiger partial charge < -0.3 is 15.1 Å². The Morgan fingerprint density at radius 1 is 1.36 bits per heavy atom. The van der Waals surface area contributed by atoms with Gasteiger partial charge in [0, 0.05) is 17.8 Å².